The van der Waals surface area contributed by atoms with Crippen LogP contribution in [0.15, 0.2) is 66.1 Å². The first-order valence-electron chi connectivity index (χ1n) is 10.4. The van der Waals surface area contributed by atoms with E-state index in [1.54, 1.807) is 36.8 Å². The summed E-state index contributed by atoms with van der Waals surface area (Å²) in [5.74, 6) is -0.981. The van der Waals surface area contributed by atoms with E-state index >= 15 is 0 Å². The lowest BCUT2D eigenvalue weighted by Crippen LogP contribution is -2.37. The maximum Gasteiger partial charge on any atom is 0.297 e. The normalized spacial score (nSPS) is 20.9. The Morgan fingerprint density at radius 1 is 1.21 bits per heavy atom. The van der Waals surface area contributed by atoms with Crippen molar-refractivity contribution >= 4 is 33.3 Å². The Bertz CT molecular complexity index is 1190. The minimum absolute atomic E-state index is 0.106. The quantitative estimate of drug-likeness (QED) is 0.390. The first kappa shape index (κ1) is 24.2. The predicted molar refractivity (Wildman–Crippen MR) is 125 cm³/mol. The number of aromatic nitrogens is 2. The second-order valence-electron chi connectivity index (χ2n) is 7.98. The minimum atomic E-state index is -3.90. The zero-order valence-electron chi connectivity index (χ0n) is 18.0. The highest BCUT2D eigenvalue weighted by molar-refractivity contribution is 7.86. The Morgan fingerprint density at radius 3 is 2.70 bits per heavy atom. The average molecular weight is 511 g/mol. The van der Waals surface area contributed by atoms with Crippen LogP contribution in [0.1, 0.15) is 17.5 Å². The number of hydrogen-bond acceptors (Lipinski definition) is 6. The molecule has 7 nitrogen and oxygen atoms in total. The second kappa shape index (κ2) is 10.1. The van der Waals surface area contributed by atoms with E-state index in [0.717, 1.165) is 11.1 Å². The molecular formula is C23H24Cl2N2O5S. The fourth-order valence-electron chi connectivity index (χ4n) is 3.64. The Hall–Kier alpha value is -1.94. The summed E-state index contributed by atoms with van der Waals surface area (Å²) in [7, 11) is -3.90. The molecule has 0 spiro atoms. The molecule has 1 aliphatic heterocycles. The molecule has 2 atom stereocenters. The largest absolute Gasteiger partial charge is 0.345 e. The molecule has 2 heterocycles. The number of benzene rings is 2. The zero-order valence-corrected chi connectivity index (χ0v) is 20.3. The van der Waals surface area contributed by atoms with Gasteiger partial charge in [0.15, 0.2) is 5.79 Å². The standard InChI is InChI=1S/C23H24Cl2N2O5S/c1-17-2-6-21(7-3-17)33(28,29)31-14-20-13-30-23(32-20,15-27-11-10-26-16-27)9-8-18-4-5-19(24)12-22(18)25/h2-7,10-12,16,20H,8-9,13-15H2,1H3/t20-,23+/m0/s1. The van der Waals surface area contributed by atoms with Gasteiger partial charge in [-0.25, -0.2) is 4.98 Å². The lowest BCUT2D eigenvalue weighted by molar-refractivity contribution is -0.184. The van der Waals surface area contributed by atoms with Gasteiger partial charge in [0.2, 0.25) is 0 Å². The van der Waals surface area contributed by atoms with Gasteiger partial charge in [-0.15, -0.1) is 0 Å². The van der Waals surface area contributed by atoms with Crippen LogP contribution in [0.5, 0.6) is 0 Å². The van der Waals surface area contributed by atoms with Crippen molar-refractivity contribution in [3.8, 4) is 0 Å². The maximum absolute atomic E-state index is 12.5. The van der Waals surface area contributed by atoms with Crippen LogP contribution in [0.4, 0.5) is 0 Å². The molecule has 0 bridgehead atoms. The summed E-state index contributed by atoms with van der Waals surface area (Å²) >= 11 is 12.3. The van der Waals surface area contributed by atoms with Crippen molar-refractivity contribution in [3.63, 3.8) is 0 Å². The number of hydrogen-bond donors (Lipinski definition) is 0. The van der Waals surface area contributed by atoms with Crippen LogP contribution in [0.25, 0.3) is 0 Å². The molecule has 0 N–H and O–H groups in total. The van der Waals surface area contributed by atoms with E-state index in [0.29, 0.717) is 29.4 Å². The lowest BCUT2D eigenvalue weighted by Gasteiger charge is -2.29. The fraction of sp³-hybridized carbons (Fsp3) is 0.348. The summed E-state index contributed by atoms with van der Waals surface area (Å²) in [6, 6.07) is 11.9. The maximum atomic E-state index is 12.5. The topological polar surface area (TPSA) is 79.7 Å². The molecule has 1 aromatic heterocycles. The SMILES string of the molecule is Cc1ccc(S(=O)(=O)OC[C@@H]2CO[C@@](CCc3ccc(Cl)cc3Cl)(Cn3ccnc3)O2)cc1. The number of aryl methyl sites for hydroxylation is 2. The van der Waals surface area contributed by atoms with Gasteiger partial charge in [0, 0.05) is 28.9 Å². The summed E-state index contributed by atoms with van der Waals surface area (Å²) in [5, 5.41) is 1.14. The van der Waals surface area contributed by atoms with E-state index in [4.69, 9.17) is 36.9 Å². The van der Waals surface area contributed by atoms with Gasteiger partial charge in [0.05, 0.1) is 31.0 Å². The van der Waals surface area contributed by atoms with Crippen molar-refractivity contribution in [2.45, 2.75) is 43.1 Å². The monoisotopic (exact) mass is 510 g/mol. The van der Waals surface area contributed by atoms with Crippen LogP contribution < -0.4 is 0 Å². The Balaban J connectivity index is 1.44. The van der Waals surface area contributed by atoms with Crippen molar-refractivity contribution in [3.05, 3.63) is 82.4 Å². The molecule has 0 radical (unpaired) electrons. The molecule has 1 fully saturated rings. The summed E-state index contributed by atoms with van der Waals surface area (Å²) in [5.41, 5.74) is 1.88. The fourth-order valence-corrected chi connectivity index (χ4v) is 5.08. The molecule has 0 aliphatic carbocycles. The molecular weight excluding hydrogens is 487 g/mol. The van der Waals surface area contributed by atoms with E-state index < -0.39 is 22.0 Å². The van der Waals surface area contributed by atoms with Gasteiger partial charge < -0.3 is 14.0 Å². The third kappa shape index (κ3) is 6.15. The van der Waals surface area contributed by atoms with Crippen molar-refractivity contribution < 1.29 is 22.1 Å². The predicted octanol–water partition coefficient (Wildman–Crippen LogP) is 4.65. The molecule has 0 saturated carbocycles. The van der Waals surface area contributed by atoms with Gasteiger partial charge in [-0.1, -0.05) is 47.0 Å². The number of halogens is 2. The summed E-state index contributed by atoms with van der Waals surface area (Å²) in [6.07, 6.45) is 5.70. The summed E-state index contributed by atoms with van der Waals surface area (Å²) in [6.45, 7) is 2.33. The molecule has 176 valence electrons. The number of imidazole rings is 1. The number of ether oxygens (including phenoxy) is 2. The number of nitrogens with zero attached hydrogens (tertiary/aromatic N) is 2. The van der Waals surface area contributed by atoms with Crippen molar-refractivity contribution in [2.75, 3.05) is 13.2 Å². The zero-order chi connectivity index (χ0) is 23.5. The van der Waals surface area contributed by atoms with E-state index in [2.05, 4.69) is 4.98 Å². The third-order valence-corrected chi connectivity index (χ3v) is 7.29. The smallest absolute Gasteiger partial charge is 0.297 e. The van der Waals surface area contributed by atoms with Crippen molar-refractivity contribution in [1.82, 2.24) is 9.55 Å². The molecule has 10 heteroatoms. The van der Waals surface area contributed by atoms with Crippen molar-refractivity contribution in [2.24, 2.45) is 0 Å². The Kier molecular flexibility index (Phi) is 7.43. The summed E-state index contributed by atoms with van der Waals surface area (Å²) < 4.78 is 44.5. The van der Waals surface area contributed by atoms with Crippen LogP contribution in [-0.2, 0) is 36.7 Å². The molecule has 1 aliphatic rings. The molecule has 1 saturated heterocycles. The number of rotatable bonds is 9. The minimum Gasteiger partial charge on any atom is -0.345 e. The van der Waals surface area contributed by atoms with E-state index in [1.807, 2.05) is 23.8 Å². The third-order valence-electron chi connectivity index (χ3n) is 5.41. The first-order chi connectivity index (χ1) is 15.7. The van der Waals surface area contributed by atoms with Gasteiger partial charge in [0.1, 0.15) is 6.10 Å². The van der Waals surface area contributed by atoms with E-state index in [-0.39, 0.29) is 18.1 Å². The van der Waals surface area contributed by atoms with Crippen LogP contribution in [0.3, 0.4) is 0 Å². The highest BCUT2D eigenvalue weighted by Crippen LogP contribution is 2.33. The van der Waals surface area contributed by atoms with Crippen molar-refractivity contribution in [1.29, 1.82) is 0 Å². The van der Waals surface area contributed by atoms with Gasteiger partial charge in [-0.2, -0.15) is 8.42 Å². The van der Waals surface area contributed by atoms with Gasteiger partial charge >= 0.3 is 0 Å². The Morgan fingerprint density at radius 2 is 2.00 bits per heavy atom. The molecule has 0 unspecified atom stereocenters. The van der Waals surface area contributed by atoms with Crippen LogP contribution in [0.2, 0.25) is 10.0 Å². The van der Waals surface area contributed by atoms with E-state index in [1.165, 1.54) is 12.1 Å². The first-order valence-corrected chi connectivity index (χ1v) is 12.6. The molecule has 0 amide bonds. The highest BCUT2D eigenvalue weighted by Gasteiger charge is 2.42. The van der Waals surface area contributed by atoms with E-state index in [9.17, 15) is 8.42 Å². The highest BCUT2D eigenvalue weighted by atomic mass is 35.5. The van der Waals surface area contributed by atoms with Crippen LogP contribution in [-0.4, -0.2) is 43.1 Å². The van der Waals surface area contributed by atoms with Gasteiger partial charge in [0.25, 0.3) is 10.1 Å². The molecule has 3 aromatic rings. The van der Waals surface area contributed by atoms with Crippen LogP contribution >= 0.6 is 23.2 Å². The van der Waals surface area contributed by atoms with Gasteiger partial charge in [-0.05, 0) is 43.2 Å². The molecule has 33 heavy (non-hydrogen) atoms. The van der Waals surface area contributed by atoms with Crippen LogP contribution in [0, 0.1) is 6.92 Å². The second-order valence-corrected chi connectivity index (χ2v) is 10.4. The lowest BCUT2D eigenvalue weighted by atomic mass is 10.0. The average Bonchev–Trinajstić information content (AvgIpc) is 3.43. The van der Waals surface area contributed by atoms with Gasteiger partial charge in [-0.3, -0.25) is 4.18 Å². The molecule has 2 aromatic carbocycles. The molecule has 4 rings (SSSR count). The summed E-state index contributed by atoms with van der Waals surface area (Å²) in [4.78, 5) is 4.18. The Labute approximate surface area is 203 Å².